The minimum Gasteiger partial charge on any atom is -0.494 e. The van der Waals surface area contributed by atoms with Crippen LogP contribution in [0.2, 0.25) is 0 Å². The van der Waals surface area contributed by atoms with E-state index in [-0.39, 0.29) is 11.9 Å². The zero-order valence-electron chi connectivity index (χ0n) is 14.8. The molecule has 130 valence electrons. The maximum absolute atomic E-state index is 12.3. The Morgan fingerprint density at radius 3 is 2.83 bits per heavy atom. The first-order valence-corrected chi connectivity index (χ1v) is 9.11. The second-order valence-corrected chi connectivity index (χ2v) is 7.05. The average Bonchev–Trinajstić information content (AvgIpc) is 3.01. The number of carbonyl (C=O) groups is 1. The lowest BCUT2D eigenvalue weighted by Crippen LogP contribution is -2.36. The first-order valence-electron chi connectivity index (χ1n) is 8.23. The molecule has 1 heterocycles. The highest BCUT2D eigenvalue weighted by molar-refractivity contribution is 7.09. The number of thiophene rings is 1. The molecule has 1 aromatic carbocycles. The minimum absolute atomic E-state index is 0.0190. The van der Waals surface area contributed by atoms with Crippen LogP contribution in [0.5, 0.6) is 5.75 Å². The molecular formula is C19H26N2O2S. The van der Waals surface area contributed by atoms with Gasteiger partial charge in [-0.2, -0.15) is 0 Å². The van der Waals surface area contributed by atoms with Gasteiger partial charge in [0.25, 0.3) is 0 Å². The number of hydrogen-bond donors (Lipinski definition) is 1. The first kappa shape index (κ1) is 18.5. The van der Waals surface area contributed by atoms with Gasteiger partial charge < -0.3 is 10.1 Å². The van der Waals surface area contributed by atoms with Crippen LogP contribution in [0.25, 0.3) is 0 Å². The fourth-order valence-corrected chi connectivity index (χ4v) is 3.41. The summed E-state index contributed by atoms with van der Waals surface area (Å²) < 4.78 is 5.69. The second-order valence-electron chi connectivity index (χ2n) is 6.02. The molecule has 0 aliphatic heterocycles. The van der Waals surface area contributed by atoms with E-state index < -0.39 is 0 Å². The fraction of sp³-hybridized carbons (Fsp3) is 0.421. The van der Waals surface area contributed by atoms with Crippen LogP contribution >= 0.6 is 11.3 Å². The van der Waals surface area contributed by atoms with E-state index in [0.29, 0.717) is 13.2 Å². The maximum atomic E-state index is 12.3. The average molecular weight is 346 g/mol. The molecule has 2 aromatic rings. The van der Waals surface area contributed by atoms with Crippen LogP contribution in [0.3, 0.4) is 0 Å². The van der Waals surface area contributed by atoms with E-state index in [1.165, 1.54) is 4.88 Å². The Morgan fingerprint density at radius 1 is 1.38 bits per heavy atom. The van der Waals surface area contributed by atoms with Gasteiger partial charge in [0.05, 0.1) is 19.2 Å². The quantitative estimate of drug-likeness (QED) is 0.791. The highest BCUT2D eigenvalue weighted by Gasteiger charge is 2.16. The molecule has 0 fully saturated rings. The van der Waals surface area contributed by atoms with Gasteiger partial charge in [-0.25, -0.2) is 0 Å². The highest BCUT2D eigenvalue weighted by atomic mass is 32.1. The van der Waals surface area contributed by atoms with Crippen molar-refractivity contribution in [3.63, 3.8) is 0 Å². The lowest BCUT2D eigenvalue weighted by molar-refractivity contribution is -0.122. The first-order chi connectivity index (χ1) is 11.5. The van der Waals surface area contributed by atoms with Crippen LogP contribution in [-0.4, -0.2) is 31.0 Å². The van der Waals surface area contributed by atoms with Crippen molar-refractivity contribution in [2.24, 2.45) is 0 Å². The minimum atomic E-state index is -0.0888. The number of ether oxygens (including phenoxy) is 1. The van der Waals surface area contributed by atoms with Crippen molar-refractivity contribution in [1.29, 1.82) is 0 Å². The molecular weight excluding hydrogens is 320 g/mol. The van der Waals surface area contributed by atoms with Crippen molar-refractivity contribution in [1.82, 2.24) is 10.2 Å². The van der Waals surface area contributed by atoms with Crippen LogP contribution in [0, 0.1) is 6.92 Å². The Hall–Kier alpha value is -1.85. The Morgan fingerprint density at radius 2 is 2.17 bits per heavy atom. The van der Waals surface area contributed by atoms with E-state index in [1.54, 1.807) is 11.3 Å². The van der Waals surface area contributed by atoms with Crippen LogP contribution in [-0.2, 0) is 11.3 Å². The molecule has 0 saturated heterocycles. The number of nitrogens with zero attached hydrogens (tertiary/aromatic N) is 1. The number of benzene rings is 1. The molecule has 0 radical (unpaired) electrons. The summed E-state index contributed by atoms with van der Waals surface area (Å²) in [5.41, 5.74) is 2.18. The molecule has 5 heteroatoms. The summed E-state index contributed by atoms with van der Waals surface area (Å²) >= 11 is 1.71. The summed E-state index contributed by atoms with van der Waals surface area (Å²) in [6.45, 7) is 7.77. The maximum Gasteiger partial charge on any atom is 0.234 e. The summed E-state index contributed by atoms with van der Waals surface area (Å²) in [5.74, 6) is 0.855. The summed E-state index contributed by atoms with van der Waals surface area (Å²) in [4.78, 5) is 15.6. The number of aryl methyl sites for hydroxylation is 1. The van der Waals surface area contributed by atoms with E-state index in [9.17, 15) is 4.79 Å². The van der Waals surface area contributed by atoms with Crippen molar-refractivity contribution in [2.45, 2.75) is 33.4 Å². The largest absolute Gasteiger partial charge is 0.494 e. The number of carbonyl (C=O) groups excluding carboxylic acids is 1. The molecule has 1 unspecified atom stereocenters. The van der Waals surface area contributed by atoms with Crippen LogP contribution < -0.4 is 10.1 Å². The Labute approximate surface area is 148 Å². The highest BCUT2D eigenvalue weighted by Crippen LogP contribution is 2.26. The number of amides is 1. The lowest BCUT2D eigenvalue weighted by atomic mass is 10.0. The molecule has 1 N–H and O–H groups in total. The molecule has 2 rings (SSSR count). The molecule has 1 amide bonds. The Kier molecular flexibility index (Phi) is 6.82. The van der Waals surface area contributed by atoms with Gasteiger partial charge in [-0.1, -0.05) is 23.8 Å². The number of rotatable bonds is 8. The van der Waals surface area contributed by atoms with Crippen LogP contribution in [0.1, 0.15) is 35.9 Å². The molecule has 1 aromatic heterocycles. The number of nitrogens with one attached hydrogen (secondary N) is 1. The third kappa shape index (κ3) is 5.35. The van der Waals surface area contributed by atoms with Gasteiger partial charge in [0.15, 0.2) is 0 Å². The predicted octanol–water partition coefficient (Wildman–Crippen LogP) is 3.76. The Bertz CT molecular complexity index is 655. The lowest BCUT2D eigenvalue weighted by Gasteiger charge is -2.21. The van der Waals surface area contributed by atoms with Gasteiger partial charge in [0.2, 0.25) is 5.91 Å². The van der Waals surface area contributed by atoms with Gasteiger partial charge in [0.1, 0.15) is 5.75 Å². The summed E-state index contributed by atoms with van der Waals surface area (Å²) in [5, 5.41) is 5.13. The fourth-order valence-electron chi connectivity index (χ4n) is 2.63. The van der Waals surface area contributed by atoms with E-state index in [4.69, 9.17) is 4.74 Å². The van der Waals surface area contributed by atoms with Crippen molar-refractivity contribution in [3.05, 3.63) is 51.7 Å². The Balaban J connectivity index is 1.94. The van der Waals surface area contributed by atoms with E-state index >= 15 is 0 Å². The SMILES string of the molecule is CCOc1ccc(C)cc1C(C)NC(=O)CN(C)Cc1cccs1. The monoisotopic (exact) mass is 346 g/mol. The third-order valence-corrected chi connectivity index (χ3v) is 4.59. The van der Waals surface area contributed by atoms with E-state index in [1.807, 2.05) is 50.9 Å². The zero-order chi connectivity index (χ0) is 17.5. The van der Waals surface area contributed by atoms with Gasteiger partial charge in [-0.05, 0) is 45.3 Å². The summed E-state index contributed by atoms with van der Waals surface area (Å²) in [7, 11) is 1.96. The summed E-state index contributed by atoms with van der Waals surface area (Å²) in [6, 6.07) is 10.1. The zero-order valence-corrected chi connectivity index (χ0v) is 15.7. The third-order valence-electron chi connectivity index (χ3n) is 3.73. The van der Waals surface area contributed by atoms with E-state index in [2.05, 4.69) is 22.8 Å². The van der Waals surface area contributed by atoms with Gasteiger partial charge in [0, 0.05) is 17.0 Å². The van der Waals surface area contributed by atoms with Gasteiger partial charge >= 0.3 is 0 Å². The molecule has 0 spiro atoms. The molecule has 4 nitrogen and oxygen atoms in total. The molecule has 0 bridgehead atoms. The molecule has 0 aliphatic carbocycles. The smallest absolute Gasteiger partial charge is 0.234 e. The summed E-state index contributed by atoms with van der Waals surface area (Å²) in [6.07, 6.45) is 0. The number of hydrogen-bond acceptors (Lipinski definition) is 4. The number of likely N-dealkylation sites (N-methyl/N-ethyl adjacent to an activating group) is 1. The van der Waals surface area contributed by atoms with Gasteiger partial charge in [-0.3, -0.25) is 9.69 Å². The van der Waals surface area contributed by atoms with Gasteiger partial charge in [-0.15, -0.1) is 11.3 Å². The van der Waals surface area contributed by atoms with Crippen molar-refractivity contribution >= 4 is 17.2 Å². The van der Waals surface area contributed by atoms with E-state index in [0.717, 1.165) is 23.4 Å². The second kappa shape index (κ2) is 8.85. The standard InChI is InChI=1S/C19H26N2O2S/c1-5-23-18-9-8-14(2)11-17(18)15(3)20-19(22)13-21(4)12-16-7-6-10-24-16/h6-11,15H,5,12-13H2,1-4H3,(H,20,22). The molecule has 0 saturated carbocycles. The van der Waals surface area contributed by atoms with Crippen molar-refractivity contribution in [2.75, 3.05) is 20.2 Å². The van der Waals surface area contributed by atoms with Crippen LogP contribution in [0.4, 0.5) is 0 Å². The topological polar surface area (TPSA) is 41.6 Å². The van der Waals surface area contributed by atoms with Crippen molar-refractivity contribution in [3.8, 4) is 5.75 Å². The molecule has 1 atom stereocenters. The van der Waals surface area contributed by atoms with Crippen molar-refractivity contribution < 1.29 is 9.53 Å². The molecule has 0 aliphatic rings. The van der Waals surface area contributed by atoms with Crippen LogP contribution in [0.15, 0.2) is 35.7 Å². The normalized spacial score (nSPS) is 12.2. The molecule has 24 heavy (non-hydrogen) atoms. The predicted molar refractivity (Wildman–Crippen MR) is 99.6 cm³/mol.